The van der Waals surface area contributed by atoms with E-state index in [9.17, 15) is 13.6 Å². The van der Waals surface area contributed by atoms with Crippen LogP contribution in [-0.2, 0) is 11.2 Å². The molecule has 150 valence electrons. The maximum Gasteiger partial charge on any atom is 0.338 e. The number of aromatic amines is 1. The third kappa shape index (κ3) is 3.04. The molecule has 8 heteroatoms. The number of nitrogens with one attached hydrogen (secondary N) is 1. The molecule has 2 aromatic heterocycles. The number of nitrogens with zero attached hydrogens (tertiary/aromatic N) is 2. The molecule has 4 rings (SSSR count). The zero-order chi connectivity index (χ0) is 20.9. The van der Waals surface area contributed by atoms with E-state index in [2.05, 4.69) is 10.2 Å². The lowest BCUT2D eigenvalue weighted by Crippen LogP contribution is -2.18. The van der Waals surface area contributed by atoms with Crippen LogP contribution in [0.5, 0.6) is 0 Å². The Kier molecular flexibility index (Phi) is 4.56. The summed E-state index contributed by atoms with van der Waals surface area (Å²) < 4.78 is 44.9. The van der Waals surface area contributed by atoms with Crippen LogP contribution in [0.1, 0.15) is 31.0 Å². The second-order valence-corrected chi connectivity index (χ2v) is 7.26. The van der Waals surface area contributed by atoms with Gasteiger partial charge >= 0.3 is 5.97 Å². The summed E-state index contributed by atoms with van der Waals surface area (Å²) in [7, 11) is 0. The van der Waals surface area contributed by atoms with Crippen molar-refractivity contribution >= 4 is 27.8 Å². The minimum absolute atomic E-state index is 0.138. The first kappa shape index (κ1) is 19.0. The monoisotopic (exact) mass is 401 g/mol. The molecule has 0 bridgehead atoms. The van der Waals surface area contributed by atoms with Crippen LogP contribution in [0.15, 0.2) is 36.5 Å². The first-order valence-electron chi connectivity index (χ1n) is 9.11. The molecule has 2 N–H and O–H groups in total. The first-order chi connectivity index (χ1) is 13.8. The van der Waals surface area contributed by atoms with Crippen molar-refractivity contribution in [2.75, 3.05) is 0 Å². The van der Waals surface area contributed by atoms with Gasteiger partial charge in [-0.3, -0.25) is 5.10 Å². The number of aliphatic carboxylic acids is 1. The van der Waals surface area contributed by atoms with Gasteiger partial charge in [-0.15, -0.1) is 0 Å². The van der Waals surface area contributed by atoms with E-state index in [0.29, 0.717) is 22.3 Å². The summed E-state index contributed by atoms with van der Waals surface area (Å²) in [6, 6.07) is 7.38. The van der Waals surface area contributed by atoms with E-state index in [-0.39, 0.29) is 22.4 Å². The maximum absolute atomic E-state index is 15.4. The van der Waals surface area contributed by atoms with Crippen molar-refractivity contribution in [1.82, 2.24) is 14.8 Å². The highest BCUT2D eigenvalue weighted by Gasteiger charge is 2.28. The molecule has 4 aromatic rings. The highest BCUT2D eigenvalue weighted by molar-refractivity contribution is 5.99. The highest BCUT2D eigenvalue weighted by Crippen LogP contribution is 2.39. The van der Waals surface area contributed by atoms with Crippen molar-refractivity contribution in [3.8, 4) is 5.69 Å². The van der Waals surface area contributed by atoms with Crippen molar-refractivity contribution < 1.29 is 23.1 Å². The smallest absolute Gasteiger partial charge is 0.338 e. The van der Waals surface area contributed by atoms with Gasteiger partial charge in [0.05, 0.1) is 11.7 Å². The zero-order valence-corrected chi connectivity index (χ0v) is 15.7. The molecular weight excluding hydrogens is 383 g/mol. The molecule has 29 heavy (non-hydrogen) atoms. The molecule has 2 heterocycles. The number of hydrogen-bond donors (Lipinski definition) is 2. The van der Waals surface area contributed by atoms with Gasteiger partial charge < -0.3 is 9.67 Å². The fourth-order valence-corrected chi connectivity index (χ4v) is 3.84. The summed E-state index contributed by atoms with van der Waals surface area (Å²) >= 11 is 0. The molecule has 0 aliphatic heterocycles. The summed E-state index contributed by atoms with van der Waals surface area (Å²) in [6.07, 6.45) is -1.19. The second-order valence-electron chi connectivity index (χ2n) is 7.26. The summed E-state index contributed by atoms with van der Waals surface area (Å²) in [4.78, 5) is 11.2. The predicted octanol–water partition coefficient (Wildman–Crippen LogP) is 4.87. The largest absolute Gasteiger partial charge is 0.479 e. The minimum atomic E-state index is -2.18. The number of hydrogen-bond acceptors (Lipinski definition) is 2. The first-order valence-corrected chi connectivity index (χ1v) is 9.11. The molecule has 0 spiro atoms. The average molecular weight is 401 g/mol. The molecule has 0 saturated carbocycles. The number of carbonyl (C=O) groups is 1. The molecule has 2 aromatic carbocycles. The van der Waals surface area contributed by atoms with Gasteiger partial charge in [0, 0.05) is 28.6 Å². The Morgan fingerprint density at radius 3 is 2.55 bits per heavy atom. The Bertz CT molecular complexity index is 1230. The Morgan fingerprint density at radius 1 is 1.24 bits per heavy atom. The molecule has 0 amide bonds. The van der Waals surface area contributed by atoms with Crippen molar-refractivity contribution in [2.45, 2.75) is 32.4 Å². The lowest BCUT2D eigenvalue weighted by atomic mass is 9.98. The number of rotatable bonds is 5. The third-order valence-corrected chi connectivity index (χ3v) is 5.03. The fourth-order valence-electron chi connectivity index (χ4n) is 3.84. The van der Waals surface area contributed by atoms with Gasteiger partial charge in [0.25, 0.3) is 0 Å². The lowest BCUT2D eigenvalue weighted by molar-refractivity contribution is -0.142. The van der Waals surface area contributed by atoms with E-state index in [1.165, 1.54) is 18.3 Å². The van der Waals surface area contributed by atoms with Crippen LogP contribution in [0.3, 0.4) is 0 Å². The number of carboxylic acid groups (broad SMARTS) is 1. The van der Waals surface area contributed by atoms with Crippen LogP contribution in [0, 0.1) is 11.6 Å². The highest BCUT2D eigenvalue weighted by atomic mass is 19.1. The van der Waals surface area contributed by atoms with Gasteiger partial charge in [0.2, 0.25) is 6.17 Å². The van der Waals surface area contributed by atoms with E-state index in [4.69, 9.17) is 5.11 Å². The van der Waals surface area contributed by atoms with Crippen molar-refractivity contribution in [2.24, 2.45) is 0 Å². The van der Waals surface area contributed by atoms with E-state index in [1.54, 1.807) is 22.8 Å². The van der Waals surface area contributed by atoms with Crippen molar-refractivity contribution in [3.05, 3.63) is 59.4 Å². The average Bonchev–Trinajstić information content (AvgIpc) is 3.26. The van der Waals surface area contributed by atoms with Gasteiger partial charge in [-0.05, 0) is 41.8 Å². The van der Waals surface area contributed by atoms with Crippen LogP contribution < -0.4 is 0 Å². The molecule has 0 radical (unpaired) electrons. The SMILES string of the molecule is CC(C)c1c(C[C@@H](F)C(=O)O)c2c(F)c3[nH]ncc3cc2n1-c1ccc(F)cc1. The molecular formula is C21H18F3N3O2. The third-order valence-electron chi connectivity index (χ3n) is 5.03. The Balaban J connectivity index is 2.14. The van der Waals surface area contributed by atoms with Crippen molar-refractivity contribution in [1.29, 1.82) is 0 Å². The van der Waals surface area contributed by atoms with Gasteiger partial charge in [-0.2, -0.15) is 5.10 Å². The normalized spacial score (nSPS) is 12.9. The Morgan fingerprint density at radius 2 is 1.93 bits per heavy atom. The number of alkyl halides is 1. The van der Waals surface area contributed by atoms with Crippen LogP contribution in [-0.4, -0.2) is 32.0 Å². The van der Waals surface area contributed by atoms with Crippen LogP contribution in [0.25, 0.3) is 27.5 Å². The van der Waals surface area contributed by atoms with Gasteiger partial charge in [-0.25, -0.2) is 18.0 Å². The van der Waals surface area contributed by atoms with Crippen LogP contribution in [0.4, 0.5) is 13.2 Å². The quantitative estimate of drug-likeness (QED) is 0.501. The molecule has 0 aliphatic carbocycles. The number of fused-ring (bicyclic) bond motifs is 2. The van der Waals surface area contributed by atoms with Gasteiger partial charge in [0.1, 0.15) is 11.3 Å². The van der Waals surface area contributed by atoms with Crippen LogP contribution >= 0.6 is 0 Å². The number of halogens is 3. The standard InChI is InChI=1S/C21H18F3N3O2/c1-10(2)20-14(8-15(23)21(28)29)17-16(7-11-9-25-26-19(11)18(17)24)27(20)13-5-3-12(22)4-6-13/h3-7,9-10,15H,8H2,1-2H3,(H,25,26)(H,28,29)/t15-/m1/s1. The number of H-pyrrole nitrogens is 1. The predicted molar refractivity (Wildman–Crippen MR) is 103 cm³/mol. The molecule has 0 saturated heterocycles. The summed E-state index contributed by atoms with van der Waals surface area (Å²) in [6.45, 7) is 3.72. The summed E-state index contributed by atoms with van der Waals surface area (Å²) in [5.74, 6) is -2.83. The van der Waals surface area contributed by atoms with E-state index in [1.807, 2.05) is 13.8 Å². The number of aromatic nitrogens is 3. The topological polar surface area (TPSA) is 70.9 Å². The number of benzene rings is 2. The summed E-state index contributed by atoms with van der Waals surface area (Å²) in [5.41, 5.74) is 2.04. The molecule has 1 atom stereocenters. The van der Waals surface area contributed by atoms with Gasteiger partial charge in [0.15, 0.2) is 5.82 Å². The van der Waals surface area contributed by atoms with Gasteiger partial charge in [-0.1, -0.05) is 13.8 Å². The van der Waals surface area contributed by atoms with Crippen LogP contribution in [0.2, 0.25) is 0 Å². The molecule has 0 unspecified atom stereocenters. The Labute approximate surface area is 163 Å². The van der Waals surface area contributed by atoms with Crippen molar-refractivity contribution in [3.63, 3.8) is 0 Å². The fraction of sp³-hybridized carbons (Fsp3) is 0.238. The minimum Gasteiger partial charge on any atom is -0.479 e. The number of carboxylic acids is 1. The van der Waals surface area contributed by atoms with E-state index >= 15 is 4.39 Å². The second kappa shape index (κ2) is 6.95. The zero-order valence-electron chi connectivity index (χ0n) is 15.7. The van der Waals surface area contributed by atoms with E-state index in [0.717, 1.165) is 0 Å². The molecule has 5 nitrogen and oxygen atoms in total. The molecule has 0 fully saturated rings. The van der Waals surface area contributed by atoms with E-state index < -0.39 is 30.2 Å². The Hall–Kier alpha value is -3.29. The maximum atomic E-state index is 15.4. The molecule has 0 aliphatic rings. The lowest BCUT2D eigenvalue weighted by Gasteiger charge is -2.16. The summed E-state index contributed by atoms with van der Waals surface area (Å²) in [5, 5.41) is 16.2.